The number of aliphatic carboxylic acids is 1. The first-order valence-electron chi connectivity index (χ1n) is 15.7. The van der Waals surface area contributed by atoms with E-state index >= 15 is 0 Å². The summed E-state index contributed by atoms with van der Waals surface area (Å²) in [6.07, 6.45) is 10.4. The van der Waals surface area contributed by atoms with E-state index in [0.717, 1.165) is 43.4 Å². The lowest BCUT2D eigenvalue weighted by atomic mass is 9.87. The number of carboxylic acid groups (broad SMARTS) is 1. The van der Waals surface area contributed by atoms with Crippen LogP contribution in [0.5, 0.6) is 0 Å². The minimum Gasteiger partial charge on any atom is -0.481 e. The Morgan fingerprint density at radius 1 is 1.00 bits per heavy atom. The maximum absolute atomic E-state index is 13.6. The molecule has 1 unspecified atom stereocenters. The van der Waals surface area contributed by atoms with E-state index < -0.39 is 5.97 Å². The molecule has 3 heterocycles. The molecule has 1 aromatic carbocycles. The molecule has 3 aliphatic rings. The fourth-order valence-electron chi connectivity index (χ4n) is 6.86. The molecular weight excluding hydrogens is 603 g/mol. The first kappa shape index (κ1) is 32.3. The van der Waals surface area contributed by atoms with Gasteiger partial charge in [0.1, 0.15) is 6.10 Å². The van der Waals surface area contributed by atoms with Crippen molar-refractivity contribution in [2.75, 3.05) is 18.5 Å². The van der Waals surface area contributed by atoms with Crippen molar-refractivity contribution in [1.29, 1.82) is 0 Å². The molecule has 1 saturated carbocycles. The number of halogens is 2. The molecule has 0 radical (unpaired) electrons. The highest BCUT2D eigenvalue weighted by atomic mass is 35.5. The summed E-state index contributed by atoms with van der Waals surface area (Å²) in [5.74, 6) is -0.348. The van der Waals surface area contributed by atoms with Gasteiger partial charge in [-0.3, -0.25) is 9.80 Å². The van der Waals surface area contributed by atoms with E-state index in [1.165, 1.54) is 0 Å². The topological polar surface area (TPSA) is 111 Å². The number of ether oxygens (including phenoxy) is 1. The average Bonchev–Trinajstić information content (AvgIpc) is 3.45. The van der Waals surface area contributed by atoms with E-state index in [4.69, 9.17) is 37.9 Å². The van der Waals surface area contributed by atoms with Crippen LogP contribution in [0.1, 0.15) is 82.3 Å². The van der Waals surface area contributed by atoms with E-state index in [2.05, 4.69) is 23.8 Å². The number of hydrogen-bond acceptors (Lipinski definition) is 8. The van der Waals surface area contributed by atoms with Crippen LogP contribution >= 0.6 is 23.2 Å². The first-order chi connectivity index (χ1) is 21.1. The summed E-state index contributed by atoms with van der Waals surface area (Å²) >= 11 is 12.8. The largest absolute Gasteiger partial charge is 0.481 e. The van der Waals surface area contributed by atoms with Gasteiger partial charge in [-0.25, -0.2) is 14.8 Å². The number of hydrogen-bond donors (Lipinski definition) is 1. The van der Waals surface area contributed by atoms with Crippen LogP contribution in [-0.4, -0.2) is 81.1 Å². The summed E-state index contributed by atoms with van der Waals surface area (Å²) in [5.41, 5.74) is 1.97. The van der Waals surface area contributed by atoms with Crippen LogP contribution in [-0.2, 0) is 16.1 Å². The highest BCUT2D eigenvalue weighted by molar-refractivity contribution is 6.34. The van der Waals surface area contributed by atoms with Gasteiger partial charge in [0.25, 0.3) is 0 Å². The number of carboxylic acids is 1. The molecule has 44 heavy (non-hydrogen) atoms. The van der Waals surface area contributed by atoms with Crippen LogP contribution in [0.4, 0.5) is 10.7 Å². The summed E-state index contributed by atoms with van der Waals surface area (Å²) in [4.78, 5) is 38.8. The minimum absolute atomic E-state index is 0.0310. The first-order valence-corrected chi connectivity index (χ1v) is 16.4. The van der Waals surface area contributed by atoms with Gasteiger partial charge in [0.05, 0.1) is 5.92 Å². The molecule has 1 saturated heterocycles. The zero-order chi connectivity index (χ0) is 31.4. The van der Waals surface area contributed by atoms with Gasteiger partial charge in [-0.1, -0.05) is 37.0 Å². The van der Waals surface area contributed by atoms with Gasteiger partial charge in [-0.05, 0) is 80.7 Å². The summed E-state index contributed by atoms with van der Waals surface area (Å²) < 4.78 is 6.01. The van der Waals surface area contributed by atoms with Gasteiger partial charge >= 0.3 is 12.1 Å². The van der Waals surface area contributed by atoms with Gasteiger partial charge in [0.15, 0.2) is 0 Å². The van der Waals surface area contributed by atoms with Crippen molar-refractivity contribution in [1.82, 2.24) is 19.9 Å². The van der Waals surface area contributed by atoms with Crippen LogP contribution in [0.2, 0.25) is 10.0 Å². The Balaban J connectivity index is 1.36. The van der Waals surface area contributed by atoms with Gasteiger partial charge in [-0.2, -0.15) is 5.10 Å². The number of rotatable bonds is 9. The number of amides is 1. The maximum atomic E-state index is 13.6. The maximum Gasteiger partial charge on any atom is 0.410 e. The van der Waals surface area contributed by atoms with E-state index in [1.807, 2.05) is 47.7 Å². The van der Waals surface area contributed by atoms with Gasteiger partial charge in [-0.15, -0.1) is 0 Å². The van der Waals surface area contributed by atoms with Crippen LogP contribution < -0.4 is 4.90 Å². The van der Waals surface area contributed by atoms with Crippen molar-refractivity contribution in [2.45, 2.75) is 102 Å². The van der Waals surface area contributed by atoms with Crippen molar-refractivity contribution >= 4 is 47.4 Å². The van der Waals surface area contributed by atoms with E-state index in [1.54, 1.807) is 6.07 Å². The summed E-state index contributed by atoms with van der Waals surface area (Å²) in [6, 6.07) is 5.55. The number of likely N-dealkylation sites (tertiary alicyclic amines) is 1. The SMILES string of the molecule is CC[C@@H]1C[C@H](N(Cc2cc(Cl)cc(Cl)c2)c2ncc(C3C=NN(C)C3)cn2)C[C@H](CC)N1C(=O)O[C@H]1CC[C@H](C(=O)O)CC1. The number of aromatic nitrogens is 2. The fourth-order valence-corrected chi connectivity index (χ4v) is 7.43. The van der Waals surface area contributed by atoms with Crippen LogP contribution in [0.3, 0.4) is 0 Å². The molecule has 5 rings (SSSR count). The van der Waals surface area contributed by atoms with Crippen molar-refractivity contribution in [3.05, 3.63) is 51.8 Å². The Kier molecular flexibility index (Phi) is 10.5. The molecule has 1 N–H and O–H groups in total. The van der Waals surface area contributed by atoms with E-state index in [-0.39, 0.29) is 42.2 Å². The molecule has 1 amide bonds. The third-order valence-electron chi connectivity index (χ3n) is 9.28. The number of carbonyl (C=O) groups is 2. The predicted octanol–water partition coefficient (Wildman–Crippen LogP) is 6.61. The Morgan fingerprint density at radius 3 is 2.14 bits per heavy atom. The molecule has 10 nitrogen and oxygen atoms in total. The van der Waals surface area contributed by atoms with Crippen molar-refractivity contribution in [3.63, 3.8) is 0 Å². The fraction of sp³-hybridized carbons (Fsp3) is 0.594. The molecule has 12 heteroatoms. The van der Waals surface area contributed by atoms with E-state index in [9.17, 15) is 14.7 Å². The highest BCUT2D eigenvalue weighted by Crippen LogP contribution is 2.35. The van der Waals surface area contributed by atoms with Crippen LogP contribution in [0, 0.1) is 5.92 Å². The van der Waals surface area contributed by atoms with Gasteiger partial charge in [0, 0.05) is 72.8 Å². The molecular formula is C32H42Cl2N6O4. The number of likely N-dealkylation sites (N-methyl/N-ethyl adjacent to an activating group) is 1. The van der Waals surface area contributed by atoms with Crippen molar-refractivity contribution < 1.29 is 19.4 Å². The lowest BCUT2D eigenvalue weighted by Crippen LogP contribution is -2.57. The summed E-state index contributed by atoms with van der Waals surface area (Å²) in [6.45, 7) is 5.51. The lowest BCUT2D eigenvalue weighted by Gasteiger charge is -2.47. The quantitative estimate of drug-likeness (QED) is 0.325. The second kappa shape index (κ2) is 14.3. The second-order valence-corrected chi connectivity index (χ2v) is 13.2. The highest BCUT2D eigenvalue weighted by Gasteiger charge is 2.41. The Labute approximate surface area is 269 Å². The third-order valence-corrected chi connectivity index (χ3v) is 9.72. The molecule has 238 valence electrons. The van der Waals surface area contributed by atoms with Crippen molar-refractivity contribution in [3.8, 4) is 0 Å². The number of anilines is 1. The number of benzene rings is 1. The normalized spacial score (nSPS) is 26.9. The molecule has 4 atom stereocenters. The Hall–Kier alpha value is -3.11. The zero-order valence-corrected chi connectivity index (χ0v) is 27.1. The number of carbonyl (C=O) groups excluding carboxylic acids is 1. The molecule has 1 aliphatic carbocycles. The van der Waals surface area contributed by atoms with E-state index in [0.29, 0.717) is 48.2 Å². The summed E-state index contributed by atoms with van der Waals surface area (Å²) in [7, 11) is 1.95. The number of piperidine rings is 1. The van der Waals surface area contributed by atoms with Crippen molar-refractivity contribution in [2.24, 2.45) is 11.0 Å². The second-order valence-electron chi connectivity index (χ2n) is 12.3. The third kappa shape index (κ3) is 7.57. The van der Waals surface area contributed by atoms with Gasteiger partial charge < -0.3 is 19.6 Å². The number of nitrogens with zero attached hydrogens (tertiary/aromatic N) is 6. The van der Waals surface area contributed by atoms with Crippen LogP contribution in [0.15, 0.2) is 35.7 Å². The molecule has 0 spiro atoms. The Bertz CT molecular complexity index is 1300. The molecule has 0 bridgehead atoms. The van der Waals surface area contributed by atoms with Gasteiger partial charge in [0.2, 0.25) is 5.95 Å². The standard InChI is InChI=1S/C32H42Cl2N6O4/c1-4-26-13-28(14-27(5-2)40(26)32(43)44-29-8-6-21(7-9-29)30(41)42)39(18-20-10-24(33)12-25(34)11-20)31-35-15-22(16-36-31)23-17-37-38(3)19-23/h10-12,15-17,21,23,26-29H,4-9,13-14,18-19H2,1-3H3,(H,41,42)/t21-,23?,26-,27+,28+,29-. The smallest absolute Gasteiger partial charge is 0.410 e. The molecule has 2 fully saturated rings. The molecule has 2 aromatic rings. The average molecular weight is 646 g/mol. The Morgan fingerprint density at radius 2 is 1.61 bits per heavy atom. The summed E-state index contributed by atoms with van der Waals surface area (Å²) in [5, 5.41) is 16.7. The minimum atomic E-state index is -0.767. The monoisotopic (exact) mass is 644 g/mol. The molecule has 1 aromatic heterocycles. The molecule has 2 aliphatic heterocycles. The van der Waals surface area contributed by atoms with Crippen LogP contribution in [0.25, 0.3) is 0 Å². The number of hydrazone groups is 1. The zero-order valence-electron chi connectivity index (χ0n) is 25.6. The predicted molar refractivity (Wildman–Crippen MR) is 171 cm³/mol. The lowest BCUT2D eigenvalue weighted by molar-refractivity contribution is -0.143.